The third-order valence-corrected chi connectivity index (χ3v) is 4.27. The predicted molar refractivity (Wildman–Crippen MR) is 86.0 cm³/mol. The van der Waals surface area contributed by atoms with Crippen molar-refractivity contribution < 1.29 is 5.11 Å². The smallest absolute Gasteiger partial charge is 0.0446 e. The van der Waals surface area contributed by atoms with Crippen LogP contribution in [0.25, 0.3) is 0 Å². The SMILES string of the molecule is CC(C)CCN1CCN(Cc2cccnc2)C[C@@H]1CCO. The fraction of sp³-hybridized carbons (Fsp3) is 0.706. The van der Waals surface area contributed by atoms with Gasteiger partial charge in [-0.15, -0.1) is 0 Å². The Morgan fingerprint density at radius 2 is 2.24 bits per heavy atom. The molecule has 0 saturated carbocycles. The topological polar surface area (TPSA) is 39.6 Å². The van der Waals surface area contributed by atoms with Gasteiger partial charge in [0.05, 0.1) is 0 Å². The van der Waals surface area contributed by atoms with Crippen LogP contribution < -0.4 is 0 Å². The summed E-state index contributed by atoms with van der Waals surface area (Å²) in [5.41, 5.74) is 1.27. The number of piperazine rings is 1. The maximum Gasteiger partial charge on any atom is 0.0446 e. The molecule has 118 valence electrons. The van der Waals surface area contributed by atoms with Gasteiger partial charge >= 0.3 is 0 Å². The van der Waals surface area contributed by atoms with Gasteiger partial charge in [0.2, 0.25) is 0 Å². The van der Waals surface area contributed by atoms with Crippen LogP contribution in [0.3, 0.4) is 0 Å². The Hall–Kier alpha value is -0.970. The first kappa shape index (κ1) is 16.4. The Labute approximate surface area is 128 Å². The number of rotatable bonds is 7. The molecule has 4 nitrogen and oxygen atoms in total. The summed E-state index contributed by atoms with van der Waals surface area (Å²) in [4.78, 5) is 9.25. The summed E-state index contributed by atoms with van der Waals surface area (Å²) in [6.45, 7) is 10.2. The maximum absolute atomic E-state index is 9.33. The molecule has 0 radical (unpaired) electrons. The van der Waals surface area contributed by atoms with Gasteiger partial charge in [0, 0.05) is 51.2 Å². The second-order valence-corrected chi connectivity index (χ2v) is 6.48. The number of aromatic nitrogens is 1. The molecule has 4 heteroatoms. The van der Waals surface area contributed by atoms with E-state index in [0.29, 0.717) is 6.04 Å². The Balaban J connectivity index is 1.88. The highest BCUT2D eigenvalue weighted by Crippen LogP contribution is 2.16. The average Bonchev–Trinajstić information content (AvgIpc) is 2.48. The van der Waals surface area contributed by atoms with Gasteiger partial charge in [-0.05, 0) is 36.9 Å². The lowest BCUT2D eigenvalue weighted by atomic mass is 10.1. The Kier molecular flexibility index (Phi) is 6.61. The molecule has 1 aliphatic heterocycles. The van der Waals surface area contributed by atoms with Crippen LogP contribution in [0.1, 0.15) is 32.3 Å². The summed E-state index contributed by atoms with van der Waals surface area (Å²) < 4.78 is 0. The van der Waals surface area contributed by atoms with E-state index in [9.17, 15) is 5.11 Å². The molecule has 1 aromatic heterocycles. The molecule has 1 saturated heterocycles. The number of pyridine rings is 1. The minimum absolute atomic E-state index is 0.281. The van der Waals surface area contributed by atoms with E-state index in [1.54, 1.807) is 0 Å². The highest BCUT2D eigenvalue weighted by atomic mass is 16.3. The molecular weight excluding hydrogens is 262 g/mol. The van der Waals surface area contributed by atoms with Gasteiger partial charge in [0.25, 0.3) is 0 Å². The Morgan fingerprint density at radius 3 is 2.90 bits per heavy atom. The van der Waals surface area contributed by atoms with Crippen LogP contribution in [0.2, 0.25) is 0 Å². The van der Waals surface area contributed by atoms with E-state index in [1.807, 2.05) is 18.5 Å². The molecule has 0 bridgehead atoms. The summed E-state index contributed by atoms with van der Waals surface area (Å²) in [6.07, 6.45) is 5.89. The predicted octanol–water partition coefficient (Wildman–Crippen LogP) is 2.00. The van der Waals surface area contributed by atoms with Crippen LogP contribution in [-0.2, 0) is 6.54 Å². The molecule has 1 atom stereocenters. The molecule has 2 rings (SSSR count). The minimum atomic E-state index is 0.281. The molecule has 1 aliphatic rings. The van der Waals surface area contributed by atoms with E-state index in [1.165, 1.54) is 12.0 Å². The van der Waals surface area contributed by atoms with E-state index in [-0.39, 0.29) is 6.61 Å². The van der Waals surface area contributed by atoms with Crippen LogP contribution >= 0.6 is 0 Å². The van der Waals surface area contributed by atoms with E-state index >= 15 is 0 Å². The van der Waals surface area contributed by atoms with Crippen molar-refractivity contribution >= 4 is 0 Å². The van der Waals surface area contributed by atoms with Gasteiger partial charge in [-0.25, -0.2) is 0 Å². The summed E-state index contributed by atoms with van der Waals surface area (Å²) in [5, 5.41) is 9.33. The quantitative estimate of drug-likeness (QED) is 0.834. The lowest BCUT2D eigenvalue weighted by Crippen LogP contribution is -2.53. The van der Waals surface area contributed by atoms with Crippen molar-refractivity contribution in [2.24, 2.45) is 5.92 Å². The van der Waals surface area contributed by atoms with Crippen molar-refractivity contribution in [1.82, 2.24) is 14.8 Å². The van der Waals surface area contributed by atoms with Crippen LogP contribution in [0.4, 0.5) is 0 Å². The van der Waals surface area contributed by atoms with Crippen molar-refractivity contribution in [3.8, 4) is 0 Å². The van der Waals surface area contributed by atoms with E-state index in [0.717, 1.165) is 45.1 Å². The highest BCUT2D eigenvalue weighted by molar-refractivity contribution is 5.08. The monoisotopic (exact) mass is 291 g/mol. The van der Waals surface area contributed by atoms with Crippen LogP contribution in [-0.4, -0.2) is 58.7 Å². The number of aliphatic hydroxyl groups is 1. The maximum atomic E-state index is 9.33. The first-order valence-electron chi connectivity index (χ1n) is 8.15. The lowest BCUT2D eigenvalue weighted by Gasteiger charge is -2.41. The summed E-state index contributed by atoms with van der Waals surface area (Å²) in [7, 11) is 0. The van der Waals surface area contributed by atoms with Gasteiger partial charge in [0.1, 0.15) is 0 Å². The largest absolute Gasteiger partial charge is 0.396 e. The van der Waals surface area contributed by atoms with Crippen LogP contribution in [0, 0.1) is 5.92 Å². The molecule has 0 unspecified atom stereocenters. The molecular formula is C17H29N3O. The van der Waals surface area contributed by atoms with Gasteiger partial charge in [-0.2, -0.15) is 0 Å². The third-order valence-electron chi connectivity index (χ3n) is 4.27. The zero-order chi connectivity index (χ0) is 15.1. The van der Waals surface area contributed by atoms with E-state index in [4.69, 9.17) is 0 Å². The van der Waals surface area contributed by atoms with E-state index < -0.39 is 0 Å². The summed E-state index contributed by atoms with van der Waals surface area (Å²) >= 11 is 0. The molecule has 21 heavy (non-hydrogen) atoms. The second kappa shape index (κ2) is 8.47. The van der Waals surface area contributed by atoms with Crippen molar-refractivity contribution in [2.45, 2.75) is 39.3 Å². The van der Waals surface area contributed by atoms with Gasteiger partial charge in [-0.1, -0.05) is 19.9 Å². The van der Waals surface area contributed by atoms with Crippen molar-refractivity contribution in [2.75, 3.05) is 32.8 Å². The fourth-order valence-electron chi connectivity index (χ4n) is 2.99. The zero-order valence-corrected chi connectivity index (χ0v) is 13.4. The standard InChI is InChI=1S/C17H29N3O/c1-15(2)5-8-20-10-9-19(14-17(20)6-11-21)13-16-4-3-7-18-12-16/h3-4,7,12,15,17,21H,5-6,8-11,13-14H2,1-2H3/t17-/m0/s1. The molecule has 1 aromatic rings. The lowest BCUT2D eigenvalue weighted by molar-refractivity contribution is 0.0523. The first-order valence-corrected chi connectivity index (χ1v) is 8.15. The minimum Gasteiger partial charge on any atom is -0.396 e. The highest BCUT2D eigenvalue weighted by Gasteiger charge is 2.26. The van der Waals surface area contributed by atoms with Crippen molar-refractivity contribution in [3.63, 3.8) is 0 Å². The molecule has 0 aromatic carbocycles. The van der Waals surface area contributed by atoms with Gasteiger partial charge in [0.15, 0.2) is 0 Å². The number of nitrogens with zero attached hydrogens (tertiary/aromatic N) is 3. The van der Waals surface area contributed by atoms with Crippen LogP contribution in [0.15, 0.2) is 24.5 Å². The van der Waals surface area contributed by atoms with Gasteiger partial charge < -0.3 is 5.11 Å². The van der Waals surface area contributed by atoms with Gasteiger partial charge in [-0.3, -0.25) is 14.8 Å². The molecule has 2 heterocycles. The third kappa shape index (κ3) is 5.38. The first-order chi connectivity index (χ1) is 10.2. The average molecular weight is 291 g/mol. The normalized spacial score (nSPS) is 21.0. The second-order valence-electron chi connectivity index (χ2n) is 6.48. The zero-order valence-electron chi connectivity index (χ0n) is 13.4. The number of aliphatic hydroxyl groups excluding tert-OH is 1. The fourth-order valence-corrected chi connectivity index (χ4v) is 2.99. The van der Waals surface area contributed by atoms with Crippen molar-refractivity contribution in [3.05, 3.63) is 30.1 Å². The molecule has 1 fully saturated rings. The van der Waals surface area contributed by atoms with Crippen molar-refractivity contribution in [1.29, 1.82) is 0 Å². The van der Waals surface area contributed by atoms with E-state index in [2.05, 4.69) is 34.7 Å². The number of hydrogen-bond acceptors (Lipinski definition) is 4. The Bertz CT molecular complexity index is 396. The molecule has 0 amide bonds. The molecule has 0 aliphatic carbocycles. The summed E-state index contributed by atoms with van der Waals surface area (Å²) in [6, 6.07) is 4.62. The summed E-state index contributed by atoms with van der Waals surface area (Å²) in [5.74, 6) is 0.744. The molecule has 1 N–H and O–H groups in total. The molecule has 0 spiro atoms. The van der Waals surface area contributed by atoms with Crippen LogP contribution in [0.5, 0.6) is 0 Å². The Morgan fingerprint density at radius 1 is 1.38 bits per heavy atom. The number of hydrogen-bond donors (Lipinski definition) is 1.